The molecule has 0 amide bonds. The SMILES string of the molecule is CC(C)Cn1cnc2c(N)nc3ccc(O)cc3c21. The van der Waals surface area contributed by atoms with Gasteiger partial charge in [0.1, 0.15) is 11.3 Å². The molecule has 0 fully saturated rings. The van der Waals surface area contributed by atoms with E-state index in [2.05, 4.69) is 28.4 Å². The molecular weight excluding hydrogens is 240 g/mol. The van der Waals surface area contributed by atoms with Gasteiger partial charge < -0.3 is 15.4 Å². The fourth-order valence-corrected chi connectivity index (χ4v) is 2.38. The van der Waals surface area contributed by atoms with Crippen LogP contribution in [0.15, 0.2) is 24.5 Å². The summed E-state index contributed by atoms with van der Waals surface area (Å²) in [4.78, 5) is 8.67. The molecule has 0 saturated heterocycles. The van der Waals surface area contributed by atoms with Crippen LogP contribution < -0.4 is 5.73 Å². The number of pyridine rings is 1. The molecule has 0 saturated carbocycles. The summed E-state index contributed by atoms with van der Waals surface area (Å²) in [7, 11) is 0. The first-order valence-corrected chi connectivity index (χ1v) is 6.29. The lowest BCUT2D eigenvalue weighted by Gasteiger charge is -2.09. The number of hydrogen-bond donors (Lipinski definition) is 2. The number of nitrogen functional groups attached to an aromatic ring is 1. The van der Waals surface area contributed by atoms with Crippen LogP contribution in [-0.4, -0.2) is 19.6 Å². The monoisotopic (exact) mass is 256 g/mol. The van der Waals surface area contributed by atoms with Crippen LogP contribution >= 0.6 is 0 Å². The summed E-state index contributed by atoms with van der Waals surface area (Å²) in [5.41, 5.74) is 8.36. The van der Waals surface area contributed by atoms with Crippen molar-refractivity contribution >= 4 is 27.8 Å². The number of imidazole rings is 1. The minimum absolute atomic E-state index is 0.220. The number of fused-ring (bicyclic) bond motifs is 3. The Kier molecular flexibility index (Phi) is 2.55. The van der Waals surface area contributed by atoms with Crippen molar-refractivity contribution < 1.29 is 5.11 Å². The molecule has 0 radical (unpaired) electrons. The molecule has 5 nitrogen and oxygen atoms in total. The van der Waals surface area contributed by atoms with Crippen molar-refractivity contribution in [3.63, 3.8) is 0 Å². The standard InChI is InChI=1S/C14H16N4O/c1-8(2)6-18-7-16-12-13(18)10-5-9(19)3-4-11(10)17-14(12)15/h3-5,7-8,19H,6H2,1-2H3,(H2,15,17). The van der Waals surface area contributed by atoms with Crippen LogP contribution in [0.2, 0.25) is 0 Å². The van der Waals surface area contributed by atoms with Gasteiger partial charge in [-0.2, -0.15) is 0 Å². The molecule has 2 aromatic heterocycles. The number of nitrogens with zero attached hydrogens (tertiary/aromatic N) is 3. The summed E-state index contributed by atoms with van der Waals surface area (Å²) in [6, 6.07) is 5.10. The minimum atomic E-state index is 0.220. The number of phenols is 1. The topological polar surface area (TPSA) is 77.0 Å². The van der Waals surface area contributed by atoms with Gasteiger partial charge in [0.15, 0.2) is 5.82 Å². The third kappa shape index (κ3) is 1.87. The Morgan fingerprint density at radius 1 is 1.37 bits per heavy atom. The van der Waals surface area contributed by atoms with Gasteiger partial charge in [0.25, 0.3) is 0 Å². The first-order chi connectivity index (χ1) is 9.06. The molecule has 98 valence electrons. The van der Waals surface area contributed by atoms with Crippen LogP contribution in [0, 0.1) is 5.92 Å². The molecule has 0 spiro atoms. The van der Waals surface area contributed by atoms with Gasteiger partial charge in [0.05, 0.1) is 17.4 Å². The van der Waals surface area contributed by atoms with Crippen molar-refractivity contribution in [2.75, 3.05) is 5.73 Å². The normalized spacial score (nSPS) is 11.7. The van der Waals surface area contributed by atoms with Crippen LogP contribution in [0.1, 0.15) is 13.8 Å². The molecule has 0 aliphatic rings. The maximum absolute atomic E-state index is 9.68. The van der Waals surface area contributed by atoms with Crippen molar-refractivity contribution in [1.29, 1.82) is 0 Å². The molecule has 2 heterocycles. The average molecular weight is 256 g/mol. The molecule has 1 aromatic carbocycles. The lowest BCUT2D eigenvalue weighted by atomic mass is 10.1. The number of benzene rings is 1. The summed E-state index contributed by atoms with van der Waals surface area (Å²) in [5, 5.41) is 10.6. The van der Waals surface area contributed by atoms with E-state index < -0.39 is 0 Å². The maximum Gasteiger partial charge on any atom is 0.152 e. The van der Waals surface area contributed by atoms with E-state index in [1.807, 2.05) is 0 Å². The Labute approximate surface area is 110 Å². The third-order valence-corrected chi connectivity index (χ3v) is 3.12. The maximum atomic E-state index is 9.68. The van der Waals surface area contributed by atoms with Gasteiger partial charge in [-0.15, -0.1) is 0 Å². The second-order valence-electron chi connectivity index (χ2n) is 5.19. The Hall–Kier alpha value is -2.30. The van der Waals surface area contributed by atoms with Crippen molar-refractivity contribution in [3.8, 4) is 5.75 Å². The van der Waals surface area contributed by atoms with E-state index in [0.717, 1.165) is 23.0 Å². The minimum Gasteiger partial charge on any atom is -0.508 e. The lowest BCUT2D eigenvalue weighted by molar-refractivity contribution is 0.476. The van der Waals surface area contributed by atoms with E-state index in [9.17, 15) is 5.11 Å². The average Bonchev–Trinajstić information content (AvgIpc) is 2.74. The second kappa shape index (κ2) is 4.12. The quantitative estimate of drug-likeness (QED) is 0.738. The first-order valence-electron chi connectivity index (χ1n) is 6.29. The summed E-state index contributed by atoms with van der Waals surface area (Å²) in [6.45, 7) is 5.15. The molecule has 3 rings (SSSR count). The van der Waals surface area contributed by atoms with Crippen molar-refractivity contribution in [3.05, 3.63) is 24.5 Å². The molecule has 0 atom stereocenters. The van der Waals surface area contributed by atoms with Gasteiger partial charge >= 0.3 is 0 Å². The number of rotatable bonds is 2. The van der Waals surface area contributed by atoms with Crippen LogP contribution in [0.5, 0.6) is 5.75 Å². The van der Waals surface area contributed by atoms with E-state index in [4.69, 9.17) is 5.73 Å². The molecule has 19 heavy (non-hydrogen) atoms. The predicted octanol–water partition coefficient (Wildman–Crippen LogP) is 2.53. The molecule has 5 heteroatoms. The predicted molar refractivity (Wildman–Crippen MR) is 75.9 cm³/mol. The van der Waals surface area contributed by atoms with Crippen molar-refractivity contribution in [2.45, 2.75) is 20.4 Å². The van der Waals surface area contributed by atoms with Gasteiger partial charge in [0, 0.05) is 11.9 Å². The molecule has 0 bridgehead atoms. The highest BCUT2D eigenvalue weighted by Gasteiger charge is 2.13. The molecule has 3 N–H and O–H groups in total. The molecule has 0 unspecified atom stereocenters. The molecule has 3 aromatic rings. The van der Waals surface area contributed by atoms with E-state index in [0.29, 0.717) is 17.3 Å². The third-order valence-electron chi connectivity index (χ3n) is 3.12. The number of aromatic hydroxyl groups is 1. The van der Waals surface area contributed by atoms with Crippen LogP contribution in [0.4, 0.5) is 5.82 Å². The zero-order valence-corrected chi connectivity index (χ0v) is 11.0. The van der Waals surface area contributed by atoms with Crippen molar-refractivity contribution in [2.24, 2.45) is 5.92 Å². The Balaban J connectivity index is 2.41. The highest BCUT2D eigenvalue weighted by atomic mass is 16.3. The van der Waals surface area contributed by atoms with Gasteiger partial charge in [-0.25, -0.2) is 9.97 Å². The fraction of sp³-hybridized carbons (Fsp3) is 0.286. The van der Waals surface area contributed by atoms with Gasteiger partial charge in [0.2, 0.25) is 0 Å². The highest BCUT2D eigenvalue weighted by Crippen LogP contribution is 2.29. The number of nitrogens with two attached hydrogens (primary N) is 1. The molecule has 0 aliphatic heterocycles. The smallest absolute Gasteiger partial charge is 0.152 e. The molecular formula is C14H16N4O. The summed E-state index contributed by atoms with van der Waals surface area (Å²) in [6.07, 6.45) is 1.78. The zero-order chi connectivity index (χ0) is 13.6. The summed E-state index contributed by atoms with van der Waals surface area (Å²) >= 11 is 0. The summed E-state index contributed by atoms with van der Waals surface area (Å²) < 4.78 is 2.07. The van der Waals surface area contributed by atoms with Crippen molar-refractivity contribution in [1.82, 2.24) is 14.5 Å². The number of phenolic OH excluding ortho intramolecular Hbond substituents is 1. The summed E-state index contributed by atoms with van der Waals surface area (Å²) in [5.74, 6) is 1.15. The van der Waals surface area contributed by atoms with Crippen LogP contribution in [0.3, 0.4) is 0 Å². The Morgan fingerprint density at radius 3 is 2.89 bits per heavy atom. The van der Waals surface area contributed by atoms with Gasteiger partial charge in [-0.1, -0.05) is 13.8 Å². The van der Waals surface area contributed by atoms with E-state index in [-0.39, 0.29) is 5.75 Å². The Morgan fingerprint density at radius 2 is 2.16 bits per heavy atom. The largest absolute Gasteiger partial charge is 0.508 e. The first kappa shape index (κ1) is 11.8. The van der Waals surface area contributed by atoms with Crippen LogP contribution in [0.25, 0.3) is 21.9 Å². The molecule has 0 aliphatic carbocycles. The second-order valence-corrected chi connectivity index (χ2v) is 5.19. The van der Waals surface area contributed by atoms with Gasteiger partial charge in [-0.05, 0) is 24.1 Å². The van der Waals surface area contributed by atoms with Crippen LogP contribution in [-0.2, 0) is 6.54 Å². The van der Waals surface area contributed by atoms with E-state index in [1.165, 1.54) is 0 Å². The number of anilines is 1. The number of hydrogen-bond acceptors (Lipinski definition) is 4. The van der Waals surface area contributed by atoms with E-state index >= 15 is 0 Å². The number of aromatic nitrogens is 3. The van der Waals surface area contributed by atoms with Gasteiger partial charge in [-0.3, -0.25) is 0 Å². The zero-order valence-electron chi connectivity index (χ0n) is 11.0. The Bertz CT molecular complexity index is 761. The highest BCUT2D eigenvalue weighted by molar-refractivity contribution is 6.06. The lowest BCUT2D eigenvalue weighted by Crippen LogP contribution is -2.03. The van der Waals surface area contributed by atoms with E-state index in [1.54, 1.807) is 24.5 Å². The fourth-order valence-electron chi connectivity index (χ4n) is 2.38.